The number of hydrogen-bond donors (Lipinski definition) is 1. The molecule has 1 fully saturated rings. The third-order valence-corrected chi connectivity index (χ3v) is 6.66. The highest BCUT2D eigenvalue weighted by Gasteiger charge is 2.29. The number of nitrogens with zero attached hydrogens (tertiary/aromatic N) is 4. The lowest BCUT2D eigenvalue weighted by Gasteiger charge is -2.24. The Kier molecular flexibility index (Phi) is 8.04. The van der Waals surface area contributed by atoms with Crippen molar-refractivity contribution in [2.75, 3.05) is 25.6 Å². The fraction of sp³-hybridized carbons (Fsp3) is 0.300. The van der Waals surface area contributed by atoms with Gasteiger partial charge < -0.3 is 24.4 Å². The zero-order chi connectivity index (χ0) is 28.3. The minimum Gasteiger partial charge on any atom is -0.489 e. The van der Waals surface area contributed by atoms with Crippen LogP contribution in [0.5, 0.6) is 5.75 Å². The molecule has 10 heteroatoms. The van der Waals surface area contributed by atoms with Crippen molar-refractivity contribution >= 4 is 45.7 Å². The van der Waals surface area contributed by atoms with Gasteiger partial charge in [-0.05, 0) is 63.2 Å². The quantitative estimate of drug-likeness (QED) is 0.250. The third-order valence-electron chi connectivity index (χ3n) is 6.31. The lowest BCUT2D eigenvalue weighted by molar-refractivity contribution is -0.0220. The topological polar surface area (TPSA) is 81.1 Å². The largest absolute Gasteiger partial charge is 0.489 e. The molecule has 2 heterocycles. The van der Waals surface area contributed by atoms with Crippen LogP contribution in [0.2, 0.25) is 5.02 Å². The number of aromatic nitrogens is 2. The van der Waals surface area contributed by atoms with E-state index < -0.39 is 0 Å². The number of hydrogen-bond acceptors (Lipinski definition) is 7. The van der Waals surface area contributed by atoms with Gasteiger partial charge in [0.05, 0.1) is 29.5 Å². The van der Waals surface area contributed by atoms with Crippen LogP contribution < -0.4 is 10.1 Å². The van der Waals surface area contributed by atoms with Crippen molar-refractivity contribution in [2.24, 2.45) is 4.99 Å². The molecule has 4 aromatic rings. The van der Waals surface area contributed by atoms with Gasteiger partial charge in [0.15, 0.2) is 0 Å². The second kappa shape index (κ2) is 11.7. The van der Waals surface area contributed by atoms with Crippen molar-refractivity contribution in [3.8, 4) is 5.75 Å². The number of rotatable bonds is 8. The zero-order valence-corrected chi connectivity index (χ0v) is 23.6. The summed E-state index contributed by atoms with van der Waals surface area (Å²) in [5, 5.41) is 4.64. The maximum absolute atomic E-state index is 13.4. The molecule has 0 bridgehead atoms. The standard InChI is InChI=1S/C30H31ClFN5O3/c1-30(2,3)40-17-23-16-39-29(37(23)4)36-21-10-11-27-25(13-21)28(34-18-33-27)35-22-9-8-19(26(31)14-22)15-38-24-7-5-6-20(32)12-24/h5-14,18,23H,15-17H2,1-4H3,(H,33,34,35)/t23-/m1/s1. The summed E-state index contributed by atoms with van der Waals surface area (Å²) in [6.07, 6.45) is 1.51. The Bertz CT molecular complexity index is 1540. The second-order valence-electron chi connectivity index (χ2n) is 10.5. The first kappa shape index (κ1) is 27.6. The van der Waals surface area contributed by atoms with Crippen LogP contribution in [0.3, 0.4) is 0 Å². The number of halogens is 2. The molecular weight excluding hydrogens is 533 g/mol. The number of aliphatic imine (C=N–C) groups is 1. The molecule has 0 unspecified atom stereocenters. The molecule has 3 aromatic carbocycles. The molecule has 208 valence electrons. The van der Waals surface area contributed by atoms with Crippen molar-refractivity contribution in [3.63, 3.8) is 0 Å². The number of anilines is 2. The Morgan fingerprint density at radius 1 is 1.12 bits per heavy atom. The van der Waals surface area contributed by atoms with Gasteiger partial charge in [-0.2, -0.15) is 4.99 Å². The normalized spacial score (nSPS) is 16.4. The smallest absolute Gasteiger partial charge is 0.292 e. The summed E-state index contributed by atoms with van der Waals surface area (Å²) in [5.74, 6) is 0.699. The molecule has 5 rings (SSSR count). The summed E-state index contributed by atoms with van der Waals surface area (Å²) in [7, 11) is 1.95. The van der Waals surface area contributed by atoms with Gasteiger partial charge in [0.1, 0.15) is 36.9 Å². The van der Waals surface area contributed by atoms with E-state index >= 15 is 0 Å². The third kappa shape index (κ3) is 6.78. The lowest BCUT2D eigenvalue weighted by Crippen LogP contribution is -2.36. The summed E-state index contributed by atoms with van der Waals surface area (Å²) in [4.78, 5) is 15.6. The van der Waals surface area contributed by atoms with Crippen LogP contribution >= 0.6 is 11.6 Å². The van der Waals surface area contributed by atoms with Crippen LogP contribution in [-0.4, -0.2) is 52.8 Å². The fourth-order valence-electron chi connectivity index (χ4n) is 4.08. The highest BCUT2D eigenvalue weighted by Crippen LogP contribution is 2.30. The highest BCUT2D eigenvalue weighted by atomic mass is 35.5. The molecule has 8 nitrogen and oxygen atoms in total. The molecule has 0 saturated carbocycles. The Hall–Kier alpha value is -3.95. The van der Waals surface area contributed by atoms with E-state index in [2.05, 4.69) is 15.3 Å². The van der Waals surface area contributed by atoms with E-state index in [-0.39, 0.29) is 24.1 Å². The van der Waals surface area contributed by atoms with Gasteiger partial charge in [-0.25, -0.2) is 14.4 Å². The summed E-state index contributed by atoms with van der Waals surface area (Å²) >= 11 is 6.53. The summed E-state index contributed by atoms with van der Waals surface area (Å²) in [6.45, 7) is 7.38. The van der Waals surface area contributed by atoms with Crippen molar-refractivity contribution in [3.05, 3.63) is 83.4 Å². The predicted octanol–water partition coefficient (Wildman–Crippen LogP) is 6.88. The van der Waals surface area contributed by atoms with E-state index in [1.807, 2.05) is 63.1 Å². The number of fused-ring (bicyclic) bond motifs is 1. The van der Waals surface area contributed by atoms with Gasteiger partial charge in [0, 0.05) is 34.8 Å². The summed E-state index contributed by atoms with van der Waals surface area (Å²) in [5.41, 5.74) is 2.78. The molecular formula is C30H31ClFN5O3. The van der Waals surface area contributed by atoms with Crippen LogP contribution in [0.15, 0.2) is 72.0 Å². The first-order valence-electron chi connectivity index (χ1n) is 12.9. The van der Waals surface area contributed by atoms with Crippen LogP contribution in [0, 0.1) is 5.82 Å². The molecule has 1 aliphatic heterocycles. The molecule has 0 amide bonds. The summed E-state index contributed by atoms with van der Waals surface area (Å²) in [6, 6.07) is 17.9. The van der Waals surface area contributed by atoms with E-state index in [0.717, 1.165) is 22.2 Å². The molecule has 0 radical (unpaired) electrons. The maximum Gasteiger partial charge on any atom is 0.292 e. The SMILES string of the molecule is CN1C(=Nc2ccc3ncnc(Nc4ccc(COc5cccc(F)c5)c(Cl)c4)c3c2)OC[C@@H]1COC(C)(C)C. The average molecular weight is 564 g/mol. The first-order valence-corrected chi connectivity index (χ1v) is 13.3. The Balaban J connectivity index is 1.31. The minimum absolute atomic E-state index is 0.0889. The van der Waals surface area contributed by atoms with Crippen LogP contribution in [0.4, 0.5) is 21.6 Å². The molecule has 0 aliphatic carbocycles. The fourth-order valence-corrected chi connectivity index (χ4v) is 4.31. The van der Waals surface area contributed by atoms with E-state index in [4.69, 9.17) is 30.8 Å². The molecule has 0 spiro atoms. The van der Waals surface area contributed by atoms with Gasteiger partial charge in [-0.1, -0.05) is 23.7 Å². The molecule has 1 aliphatic rings. The Labute approximate surface area is 237 Å². The number of amidine groups is 1. The molecule has 1 atom stereocenters. The van der Waals surface area contributed by atoms with Crippen LogP contribution in [0.25, 0.3) is 10.9 Å². The molecule has 40 heavy (non-hydrogen) atoms. The Morgan fingerprint density at radius 3 is 2.75 bits per heavy atom. The van der Waals surface area contributed by atoms with Crippen LogP contribution in [0.1, 0.15) is 26.3 Å². The highest BCUT2D eigenvalue weighted by molar-refractivity contribution is 6.31. The lowest BCUT2D eigenvalue weighted by atomic mass is 10.2. The monoisotopic (exact) mass is 563 g/mol. The first-order chi connectivity index (χ1) is 19.1. The van der Waals surface area contributed by atoms with Gasteiger partial charge in [0.2, 0.25) is 0 Å². The summed E-state index contributed by atoms with van der Waals surface area (Å²) < 4.78 is 30.9. The molecule has 1 aromatic heterocycles. The van der Waals surface area contributed by atoms with Crippen molar-refractivity contribution in [1.82, 2.24) is 14.9 Å². The Morgan fingerprint density at radius 2 is 1.98 bits per heavy atom. The second-order valence-corrected chi connectivity index (χ2v) is 10.9. The van der Waals surface area contributed by atoms with Crippen LogP contribution in [-0.2, 0) is 16.1 Å². The molecule has 1 N–H and O–H groups in total. The average Bonchev–Trinajstić information content (AvgIpc) is 3.25. The van der Waals surface area contributed by atoms with E-state index in [1.165, 1.54) is 18.5 Å². The van der Waals surface area contributed by atoms with Crippen molar-refractivity contribution in [1.29, 1.82) is 0 Å². The van der Waals surface area contributed by atoms with Gasteiger partial charge in [-0.3, -0.25) is 0 Å². The van der Waals surface area contributed by atoms with Gasteiger partial charge >= 0.3 is 0 Å². The van der Waals surface area contributed by atoms with E-state index in [1.54, 1.807) is 18.2 Å². The van der Waals surface area contributed by atoms with Gasteiger partial charge in [0.25, 0.3) is 6.02 Å². The molecule has 1 saturated heterocycles. The van der Waals surface area contributed by atoms with Crippen molar-refractivity contribution < 1.29 is 18.6 Å². The number of ether oxygens (including phenoxy) is 3. The number of nitrogens with one attached hydrogen (secondary N) is 1. The number of likely N-dealkylation sites (N-methyl/N-ethyl adjacent to an activating group) is 1. The van der Waals surface area contributed by atoms with Crippen molar-refractivity contribution in [2.45, 2.75) is 39.0 Å². The minimum atomic E-state index is -0.354. The predicted molar refractivity (Wildman–Crippen MR) is 155 cm³/mol. The number of benzene rings is 3. The maximum atomic E-state index is 13.4. The zero-order valence-electron chi connectivity index (χ0n) is 22.8. The van der Waals surface area contributed by atoms with E-state index in [9.17, 15) is 4.39 Å². The van der Waals surface area contributed by atoms with Gasteiger partial charge in [-0.15, -0.1) is 0 Å². The van der Waals surface area contributed by atoms with E-state index in [0.29, 0.717) is 41.5 Å².